The summed E-state index contributed by atoms with van der Waals surface area (Å²) in [5.74, 6) is -1.84. The molecule has 2 unspecified atom stereocenters. The number of aliphatic carboxylic acids is 1. The maximum absolute atomic E-state index is 12.9. The van der Waals surface area contributed by atoms with E-state index in [0.29, 0.717) is 31.8 Å². The molecule has 8 heteroatoms. The molecule has 29 heavy (non-hydrogen) atoms. The van der Waals surface area contributed by atoms with Crippen LogP contribution < -0.4 is 0 Å². The number of hydrogen-bond acceptors (Lipinski definition) is 4. The topological polar surface area (TPSA) is 95.0 Å². The lowest BCUT2D eigenvalue weighted by Gasteiger charge is -2.38. The second-order valence-corrected chi connectivity index (χ2v) is 10.2. The van der Waals surface area contributed by atoms with Crippen molar-refractivity contribution in [2.45, 2.75) is 50.3 Å². The minimum Gasteiger partial charge on any atom is -0.481 e. The highest BCUT2D eigenvalue weighted by Gasteiger charge is 2.39. The Kier molecular flexibility index (Phi) is 6.63. The maximum Gasteiger partial charge on any atom is 0.307 e. The number of carbonyl (C=O) groups is 2. The Balaban J connectivity index is 1.64. The monoisotopic (exact) mass is 422 g/mol. The zero-order chi connectivity index (χ0) is 21.2. The van der Waals surface area contributed by atoms with Crippen molar-refractivity contribution in [1.82, 2.24) is 9.21 Å². The summed E-state index contributed by atoms with van der Waals surface area (Å²) < 4.78 is 27.3. The van der Waals surface area contributed by atoms with Crippen molar-refractivity contribution in [3.05, 3.63) is 29.8 Å². The molecule has 0 radical (unpaired) electrons. The fourth-order valence-electron chi connectivity index (χ4n) is 4.28. The number of nitrogens with zero attached hydrogens (tertiary/aromatic N) is 2. The molecular formula is C21H30N2O5S. The van der Waals surface area contributed by atoms with E-state index in [-0.39, 0.29) is 23.9 Å². The lowest BCUT2D eigenvalue weighted by Crippen LogP contribution is -2.53. The number of sulfonamides is 1. The molecule has 1 aliphatic heterocycles. The number of carboxylic acids is 1. The van der Waals surface area contributed by atoms with E-state index < -0.39 is 27.8 Å². The van der Waals surface area contributed by atoms with E-state index in [4.69, 9.17) is 0 Å². The highest BCUT2D eigenvalue weighted by Crippen LogP contribution is 2.32. The summed E-state index contributed by atoms with van der Waals surface area (Å²) in [6.07, 6.45) is 2.83. The molecule has 1 amide bonds. The summed E-state index contributed by atoms with van der Waals surface area (Å²) in [7, 11) is -3.60. The van der Waals surface area contributed by atoms with Crippen molar-refractivity contribution in [2.24, 2.45) is 11.8 Å². The summed E-state index contributed by atoms with van der Waals surface area (Å²) in [5.41, 5.74) is 1.08. The van der Waals surface area contributed by atoms with E-state index in [2.05, 4.69) is 13.8 Å². The zero-order valence-corrected chi connectivity index (χ0v) is 17.9. The Labute approximate surface area is 172 Å². The highest BCUT2D eigenvalue weighted by atomic mass is 32.2. The molecule has 1 saturated heterocycles. The van der Waals surface area contributed by atoms with Gasteiger partial charge in [-0.05, 0) is 36.5 Å². The molecule has 0 spiro atoms. The minimum atomic E-state index is -3.60. The van der Waals surface area contributed by atoms with Gasteiger partial charge >= 0.3 is 5.97 Å². The van der Waals surface area contributed by atoms with Crippen LogP contribution >= 0.6 is 0 Å². The van der Waals surface area contributed by atoms with Crippen molar-refractivity contribution in [1.29, 1.82) is 0 Å². The fourth-order valence-corrected chi connectivity index (χ4v) is 5.70. The molecule has 3 rings (SSSR count). The van der Waals surface area contributed by atoms with Gasteiger partial charge in [0.1, 0.15) is 0 Å². The Bertz CT molecular complexity index is 842. The second kappa shape index (κ2) is 8.83. The van der Waals surface area contributed by atoms with Crippen LogP contribution in [0.25, 0.3) is 0 Å². The molecule has 2 aliphatic rings. The number of carboxylic acid groups (broad SMARTS) is 1. The molecular weight excluding hydrogens is 392 g/mol. The normalized spacial score (nSPS) is 23.9. The molecule has 1 aliphatic carbocycles. The van der Waals surface area contributed by atoms with Gasteiger partial charge < -0.3 is 10.0 Å². The van der Waals surface area contributed by atoms with Crippen LogP contribution in [-0.4, -0.2) is 60.8 Å². The Morgan fingerprint density at radius 3 is 2.03 bits per heavy atom. The van der Waals surface area contributed by atoms with Crippen LogP contribution in [0.5, 0.6) is 0 Å². The third-order valence-electron chi connectivity index (χ3n) is 6.14. The van der Waals surface area contributed by atoms with Gasteiger partial charge in [0, 0.05) is 26.2 Å². The first-order valence-electron chi connectivity index (χ1n) is 10.3. The van der Waals surface area contributed by atoms with E-state index in [0.717, 1.165) is 18.4 Å². The van der Waals surface area contributed by atoms with Crippen LogP contribution in [-0.2, 0) is 19.6 Å². The number of benzene rings is 1. The molecule has 2 atom stereocenters. The van der Waals surface area contributed by atoms with Gasteiger partial charge in [-0.15, -0.1) is 0 Å². The van der Waals surface area contributed by atoms with Crippen LogP contribution in [0.15, 0.2) is 29.2 Å². The smallest absolute Gasteiger partial charge is 0.307 e. The van der Waals surface area contributed by atoms with E-state index >= 15 is 0 Å². The van der Waals surface area contributed by atoms with E-state index in [1.165, 1.54) is 4.31 Å². The molecule has 160 valence electrons. The molecule has 0 aromatic heterocycles. The number of piperazine rings is 1. The van der Waals surface area contributed by atoms with Crippen LogP contribution in [0.4, 0.5) is 0 Å². The van der Waals surface area contributed by atoms with Gasteiger partial charge in [0.05, 0.1) is 16.7 Å². The van der Waals surface area contributed by atoms with Crippen molar-refractivity contribution >= 4 is 21.9 Å². The summed E-state index contributed by atoms with van der Waals surface area (Å²) in [5, 5.41) is 9.43. The maximum atomic E-state index is 12.9. The SMILES string of the molecule is CC(C)c1ccc(S(=O)(=O)N2CCN(C(=O)C3CCCCC3C(=O)O)CC2)cc1. The summed E-state index contributed by atoms with van der Waals surface area (Å²) >= 11 is 0. The summed E-state index contributed by atoms with van der Waals surface area (Å²) in [4.78, 5) is 26.3. The quantitative estimate of drug-likeness (QED) is 0.787. The van der Waals surface area contributed by atoms with Crippen molar-refractivity contribution in [3.8, 4) is 0 Å². The van der Waals surface area contributed by atoms with Gasteiger partial charge in [-0.3, -0.25) is 9.59 Å². The predicted octanol–water partition coefficient (Wildman–Crippen LogP) is 2.53. The first-order valence-corrected chi connectivity index (χ1v) is 11.8. The second-order valence-electron chi connectivity index (χ2n) is 8.29. The van der Waals surface area contributed by atoms with Crippen LogP contribution in [0.2, 0.25) is 0 Å². The first-order chi connectivity index (χ1) is 13.7. The Morgan fingerprint density at radius 1 is 0.966 bits per heavy atom. The molecule has 1 heterocycles. The number of amides is 1. The Hall–Kier alpha value is -1.93. The van der Waals surface area contributed by atoms with Crippen LogP contribution in [0, 0.1) is 11.8 Å². The zero-order valence-electron chi connectivity index (χ0n) is 17.1. The van der Waals surface area contributed by atoms with Gasteiger partial charge in [-0.1, -0.05) is 38.8 Å². The molecule has 1 saturated carbocycles. The van der Waals surface area contributed by atoms with Crippen molar-refractivity contribution in [3.63, 3.8) is 0 Å². The average molecular weight is 423 g/mol. The van der Waals surface area contributed by atoms with Gasteiger partial charge in [-0.2, -0.15) is 4.31 Å². The largest absolute Gasteiger partial charge is 0.481 e. The Morgan fingerprint density at radius 2 is 1.52 bits per heavy atom. The third-order valence-corrected chi connectivity index (χ3v) is 8.05. The standard InChI is InChI=1S/C21H30N2O5S/c1-15(2)16-7-9-17(10-8-16)29(27,28)23-13-11-22(12-14-23)20(24)18-5-3-4-6-19(18)21(25)26/h7-10,15,18-19H,3-6,11-14H2,1-2H3,(H,25,26). The van der Waals surface area contributed by atoms with Crippen molar-refractivity contribution in [2.75, 3.05) is 26.2 Å². The lowest BCUT2D eigenvalue weighted by molar-refractivity contribution is -0.152. The van der Waals surface area contributed by atoms with E-state index in [9.17, 15) is 23.1 Å². The fraction of sp³-hybridized carbons (Fsp3) is 0.619. The van der Waals surface area contributed by atoms with Gasteiger partial charge in [0.2, 0.25) is 15.9 Å². The van der Waals surface area contributed by atoms with Gasteiger partial charge in [0.25, 0.3) is 0 Å². The molecule has 1 aromatic rings. The van der Waals surface area contributed by atoms with Gasteiger partial charge in [-0.25, -0.2) is 8.42 Å². The highest BCUT2D eigenvalue weighted by molar-refractivity contribution is 7.89. The third kappa shape index (κ3) is 4.64. The molecule has 7 nitrogen and oxygen atoms in total. The number of carbonyl (C=O) groups excluding carboxylic acids is 1. The molecule has 1 aromatic carbocycles. The van der Waals surface area contributed by atoms with E-state index in [1.54, 1.807) is 17.0 Å². The number of rotatable bonds is 5. The minimum absolute atomic E-state index is 0.143. The summed E-state index contributed by atoms with van der Waals surface area (Å²) in [6, 6.07) is 6.96. The first kappa shape index (κ1) is 21.8. The van der Waals surface area contributed by atoms with E-state index in [1.807, 2.05) is 12.1 Å². The van der Waals surface area contributed by atoms with Crippen LogP contribution in [0.1, 0.15) is 51.0 Å². The molecule has 1 N–H and O–H groups in total. The predicted molar refractivity (Wildman–Crippen MR) is 109 cm³/mol. The lowest BCUT2D eigenvalue weighted by atomic mass is 9.78. The summed E-state index contributed by atoms with van der Waals surface area (Å²) in [6.45, 7) is 5.16. The average Bonchev–Trinajstić information content (AvgIpc) is 2.73. The molecule has 2 fully saturated rings. The van der Waals surface area contributed by atoms with Crippen molar-refractivity contribution < 1.29 is 23.1 Å². The van der Waals surface area contributed by atoms with Crippen LogP contribution in [0.3, 0.4) is 0 Å². The number of hydrogen-bond donors (Lipinski definition) is 1. The molecule has 0 bridgehead atoms. The van der Waals surface area contributed by atoms with Gasteiger partial charge in [0.15, 0.2) is 0 Å².